The number of likely N-dealkylation sites (N-methyl/N-ethyl adjacent to an activating group) is 1. The number of carbonyl (C=O) groups excluding carboxylic acids is 1. The first-order chi connectivity index (χ1) is 10.3. The molecule has 0 saturated carbocycles. The lowest BCUT2D eigenvalue weighted by atomic mass is 10.1. The average Bonchev–Trinajstić information content (AvgIpc) is 2.46. The molecule has 0 aliphatic rings. The van der Waals surface area contributed by atoms with Gasteiger partial charge in [0, 0.05) is 25.9 Å². The second kappa shape index (κ2) is 6.58. The van der Waals surface area contributed by atoms with Gasteiger partial charge in [-0.1, -0.05) is 18.2 Å². The summed E-state index contributed by atoms with van der Waals surface area (Å²) in [7, 11) is 1.65. The summed E-state index contributed by atoms with van der Waals surface area (Å²) in [5, 5.41) is 9.76. The predicted octanol–water partition coefficient (Wildman–Crippen LogP) is 2.72. The first-order valence-electron chi connectivity index (χ1n) is 7.02. The number of hydrogen-bond donors (Lipinski definition) is 1. The Bertz CT molecular complexity index is 619. The summed E-state index contributed by atoms with van der Waals surface area (Å²) < 4.78 is 5.58. The van der Waals surface area contributed by atoms with E-state index >= 15 is 0 Å². The van der Waals surface area contributed by atoms with Crippen LogP contribution in [0.5, 0.6) is 11.6 Å². The van der Waals surface area contributed by atoms with E-state index in [-0.39, 0.29) is 12.5 Å². The van der Waals surface area contributed by atoms with Gasteiger partial charge >= 0.3 is 0 Å². The quantitative estimate of drug-likeness (QED) is 0.922. The van der Waals surface area contributed by atoms with Crippen LogP contribution < -0.4 is 4.74 Å². The normalized spacial score (nSPS) is 11.1. The maximum atomic E-state index is 12.2. The minimum Gasteiger partial charge on any atom is -0.439 e. The highest BCUT2D eigenvalue weighted by Crippen LogP contribution is 2.19. The van der Waals surface area contributed by atoms with E-state index in [2.05, 4.69) is 4.98 Å². The summed E-state index contributed by atoms with van der Waals surface area (Å²) in [4.78, 5) is 17.8. The minimum atomic E-state index is -0.936. The number of pyridine rings is 1. The summed E-state index contributed by atoms with van der Waals surface area (Å²) in [6.45, 7) is 3.56. The lowest BCUT2D eigenvalue weighted by molar-refractivity contribution is 0.0367. The van der Waals surface area contributed by atoms with Crippen LogP contribution in [-0.2, 0) is 0 Å². The molecule has 5 nitrogen and oxygen atoms in total. The van der Waals surface area contributed by atoms with Crippen molar-refractivity contribution in [3.05, 3.63) is 54.2 Å². The molecule has 0 aliphatic heterocycles. The Morgan fingerprint density at radius 3 is 2.45 bits per heavy atom. The molecule has 1 aromatic carbocycles. The van der Waals surface area contributed by atoms with Crippen molar-refractivity contribution in [3.8, 4) is 11.6 Å². The molecule has 22 heavy (non-hydrogen) atoms. The predicted molar refractivity (Wildman–Crippen MR) is 84.0 cm³/mol. The molecule has 0 fully saturated rings. The Hall–Kier alpha value is -2.40. The van der Waals surface area contributed by atoms with Crippen molar-refractivity contribution in [2.24, 2.45) is 0 Å². The van der Waals surface area contributed by atoms with E-state index in [9.17, 15) is 9.90 Å². The summed E-state index contributed by atoms with van der Waals surface area (Å²) in [6, 6.07) is 12.6. The van der Waals surface area contributed by atoms with Crippen LogP contribution in [0.4, 0.5) is 0 Å². The van der Waals surface area contributed by atoms with Crippen LogP contribution in [0.25, 0.3) is 0 Å². The monoisotopic (exact) mass is 300 g/mol. The first kappa shape index (κ1) is 16.0. The number of carbonyl (C=O) groups is 1. The van der Waals surface area contributed by atoms with Gasteiger partial charge in [-0.05, 0) is 32.0 Å². The molecule has 0 saturated heterocycles. The molecular weight excluding hydrogens is 280 g/mol. The number of amides is 1. The van der Waals surface area contributed by atoms with E-state index in [0.717, 1.165) is 0 Å². The van der Waals surface area contributed by atoms with E-state index in [0.29, 0.717) is 17.2 Å². The van der Waals surface area contributed by atoms with E-state index in [4.69, 9.17) is 4.74 Å². The van der Waals surface area contributed by atoms with Crippen molar-refractivity contribution >= 4 is 5.91 Å². The summed E-state index contributed by atoms with van der Waals surface area (Å²) in [6.07, 6.45) is 1.47. The minimum absolute atomic E-state index is 0.194. The Kier molecular flexibility index (Phi) is 4.78. The van der Waals surface area contributed by atoms with Gasteiger partial charge < -0.3 is 14.7 Å². The van der Waals surface area contributed by atoms with E-state index < -0.39 is 5.60 Å². The molecule has 2 rings (SSSR count). The van der Waals surface area contributed by atoms with E-state index in [1.807, 2.05) is 30.3 Å². The van der Waals surface area contributed by atoms with Crippen molar-refractivity contribution in [2.45, 2.75) is 19.4 Å². The van der Waals surface area contributed by atoms with Crippen molar-refractivity contribution in [3.63, 3.8) is 0 Å². The third kappa shape index (κ3) is 4.56. The van der Waals surface area contributed by atoms with Gasteiger partial charge in [-0.15, -0.1) is 0 Å². The number of nitrogens with zero attached hydrogens (tertiary/aromatic N) is 2. The molecule has 5 heteroatoms. The zero-order valence-corrected chi connectivity index (χ0v) is 13.0. The van der Waals surface area contributed by atoms with Gasteiger partial charge in [0.1, 0.15) is 5.75 Å². The third-order valence-corrected chi connectivity index (χ3v) is 2.92. The fourth-order valence-corrected chi connectivity index (χ4v) is 2.05. The maximum absolute atomic E-state index is 12.2. The van der Waals surface area contributed by atoms with Gasteiger partial charge in [-0.2, -0.15) is 0 Å². The molecule has 0 unspecified atom stereocenters. The standard InChI is InChI=1S/C17H20N2O3/c1-17(2,21)12-19(3)16(20)13-9-10-15(18-11-13)22-14-7-5-4-6-8-14/h4-11,21H,12H2,1-3H3. The SMILES string of the molecule is CN(CC(C)(C)O)C(=O)c1ccc(Oc2ccccc2)nc1. The highest BCUT2D eigenvalue weighted by atomic mass is 16.5. The molecule has 116 valence electrons. The number of para-hydroxylation sites is 1. The number of rotatable bonds is 5. The number of hydrogen-bond acceptors (Lipinski definition) is 4. The lowest BCUT2D eigenvalue weighted by Crippen LogP contribution is -2.39. The van der Waals surface area contributed by atoms with Crippen LogP contribution in [0.2, 0.25) is 0 Å². The zero-order valence-electron chi connectivity index (χ0n) is 13.0. The average molecular weight is 300 g/mol. The van der Waals surface area contributed by atoms with E-state index in [1.165, 1.54) is 11.1 Å². The summed E-state index contributed by atoms with van der Waals surface area (Å²) >= 11 is 0. The van der Waals surface area contributed by atoms with Crippen LogP contribution in [-0.4, -0.2) is 40.1 Å². The maximum Gasteiger partial charge on any atom is 0.255 e. The van der Waals surface area contributed by atoms with Crippen LogP contribution in [0.1, 0.15) is 24.2 Å². The number of ether oxygens (including phenoxy) is 1. The second-order valence-electron chi connectivity index (χ2n) is 5.77. The molecule has 0 atom stereocenters. The highest BCUT2D eigenvalue weighted by molar-refractivity contribution is 5.93. The smallest absolute Gasteiger partial charge is 0.255 e. The molecule has 0 aliphatic carbocycles. The van der Waals surface area contributed by atoms with Crippen molar-refractivity contribution in [1.29, 1.82) is 0 Å². The van der Waals surface area contributed by atoms with Gasteiger partial charge in [0.25, 0.3) is 5.91 Å². The number of aliphatic hydroxyl groups is 1. The molecule has 1 amide bonds. The molecule has 1 heterocycles. The van der Waals surface area contributed by atoms with Crippen LogP contribution in [0.15, 0.2) is 48.7 Å². The Labute approximate surface area is 130 Å². The van der Waals surface area contributed by atoms with Crippen LogP contribution >= 0.6 is 0 Å². The third-order valence-electron chi connectivity index (χ3n) is 2.92. The topological polar surface area (TPSA) is 62.7 Å². The molecule has 1 N–H and O–H groups in total. The molecular formula is C17H20N2O3. The van der Waals surface area contributed by atoms with Gasteiger partial charge in [-0.25, -0.2) is 4.98 Å². The Balaban J connectivity index is 2.04. The summed E-state index contributed by atoms with van der Waals surface area (Å²) in [5.41, 5.74) is -0.485. The van der Waals surface area contributed by atoms with Crippen molar-refractivity contribution in [2.75, 3.05) is 13.6 Å². The molecule has 2 aromatic rings. The molecule has 0 bridgehead atoms. The van der Waals surface area contributed by atoms with Gasteiger partial charge in [0.05, 0.1) is 11.2 Å². The van der Waals surface area contributed by atoms with Crippen molar-refractivity contribution < 1.29 is 14.6 Å². The van der Waals surface area contributed by atoms with Gasteiger partial charge in [0.2, 0.25) is 5.88 Å². The fourth-order valence-electron chi connectivity index (χ4n) is 2.05. The van der Waals surface area contributed by atoms with E-state index in [1.54, 1.807) is 33.0 Å². The first-order valence-corrected chi connectivity index (χ1v) is 7.02. The Morgan fingerprint density at radius 1 is 1.23 bits per heavy atom. The van der Waals surface area contributed by atoms with Gasteiger partial charge in [-0.3, -0.25) is 4.79 Å². The molecule has 1 aromatic heterocycles. The van der Waals surface area contributed by atoms with Crippen molar-refractivity contribution in [1.82, 2.24) is 9.88 Å². The van der Waals surface area contributed by atoms with Gasteiger partial charge in [0.15, 0.2) is 0 Å². The van der Waals surface area contributed by atoms with Crippen LogP contribution in [0.3, 0.4) is 0 Å². The molecule has 0 radical (unpaired) electrons. The summed E-state index contributed by atoms with van der Waals surface area (Å²) in [5.74, 6) is 0.919. The zero-order chi connectivity index (χ0) is 16.2. The van der Waals surface area contributed by atoms with Crippen LogP contribution in [0, 0.1) is 0 Å². The number of benzene rings is 1. The fraction of sp³-hybridized carbons (Fsp3) is 0.294. The molecule has 0 spiro atoms. The lowest BCUT2D eigenvalue weighted by Gasteiger charge is -2.25. The largest absolute Gasteiger partial charge is 0.439 e. The Morgan fingerprint density at radius 2 is 1.91 bits per heavy atom. The second-order valence-corrected chi connectivity index (χ2v) is 5.77. The highest BCUT2D eigenvalue weighted by Gasteiger charge is 2.20. The number of aromatic nitrogens is 1.